The quantitative estimate of drug-likeness (QED) is 0.430. The second-order valence-corrected chi connectivity index (χ2v) is 9.74. The molecule has 9 heteroatoms. The molecule has 3 rings (SSSR count). The minimum Gasteiger partial charge on any atom is -0.495 e. The third-order valence-electron chi connectivity index (χ3n) is 5.10. The summed E-state index contributed by atoms with van der Waals surface area (Å²) in [5.41, 5.74) is 0.210. The lowest BCUT2D eigenvalue weighted by atomic mass is 10.1. The number of hydrogen-bond acceptors (Lipinski definition) is 5. The van der Waals surface area contributed by atoms with E-state index in [-0.39, 0.29) is 25.3 Å². The van der Waals surface area contributed by atoms with E-state index < -0.39 is 22.0 Å². The fraction of sp³-hybridized carbons (Fsp3) is 0.292. The number of methoxy groups -OCH3 is 1. The number of halogens is 1. The molecular formula is C24H27ClN2O5S. The van der Waals surface area contributed by atoms with E-state index in [0.29, 0.717) is 16.5 Å². The van der Waals surface area contributed by atoms with Crippen LogP contribution >= 0.6 is 11.6 Å². The first kappa shape index (κ1) is 24.7. The molecule has 0 aliphatic rings. The molecular weight excluding hydrogens is 464 g/mol. The predicted octanol–water partition coefficient (Wildman–Crippen LogP) is 4.24. The molecule has 0 aliphatic carbocycles. The highest BCUT2D eigenvalue weighted by Crippen LogP contribution is 2.34. The first-order valence-electron chi connectivity index (χ1n) is 10.5. The van der Waals surface area contributed by atoms with E-state index in [2.05, 4.69) is 5.32 Å². The molecule has 0 unspecified atom stereocenters. The maximum Gasteiger partial charge on any atom is 0.244 e. The predicted molar refractivity (Wildman–Crippen MR) is 132 cm³/mol. The van der Waals surface area contributed by atoms with Gasteiger partial charge in [-0.05, 0) is 47.5 Å². The first-order chi connectivity index (χ1) is 15.7. The Labute approximate surface area is 199 Å². The molecule has 3 aromatic carbocycles. The average molecular weight is 491 g/mol. The van der Waals surface area contributed by atoms with Crippen molar-refractivity contribution >= 4 is 44.0 Å². The van der Waals surface area contributed by atoms with Gasteiger partial charge in [-0.2, -0.15) is 0 Å². The summed E-state index contributed by atoms with van der Waals surface area (Å²) in [6, 6.07) is 17.4. The van der Waals surface area contributed by atoms with Crippen LogP contribution in [0.25, 0.3) is 10.8 Å². The molecule has 176 valence electrons. The van der Waals surface area contributed by atoms with Crippen molar-refractivity contribution in [2.45, 2.75) is 19.4 Å². The van der Waals surface area contributed by atoms with Crippen molar-refractivity contribution < 1.29 is 22.7 Å². The zero-order valence-corrected chi connectivity index (χ0v) is 20.3. The van der Waals surface area contributed by atoms with Crippen LogP contribution in [0.1, 0.15) is 13.3 Å². The Morgan fingerprint density at radius 3 is 2.48 bits per heavy atom. The molecule has 0 aromatic heterocycles. The highest BCUT2D eigenvalue weighted by molar-refractivity contribution is 7.92. The number of sulfonamides is 1. The van der Waals surface area contributed by atoms with E-state index in [0.717, 1.165) is 21.3 Å². The zero-order valence-electron chi connectivity index (χ0n) is 18.7. The Bertz CT molecular complexity index is 1230. The number of nitrogens with one attached hydrogen (secondary N) is 1. The number of ether oxygens (including phenoxy) is 2. The number of rotatable bonds is 10. The summed E-state index contributed by atoms with van der Waals surface area (Å²) in [7, 11) is -2.39. The van der Waals surface area contributed by atoms with Crippen molar-refractivity contribution in [3.05, 3.63) is 65.7 Å². The minimum atomic E-state index is -3.82. The first-order valence-corrected chi connectivity index (χ1v) is 12.7. The van der Waals surface area contributed by atoms with Gasteiger partial charge in [-0.3, -0.25) is 9.10 Å². The van der Waals surface area contributed by atoms with Gasteiger partial charge in [0, 0.05) is 5.02 Å². The van der Waals surface area contributed by atoms with Crippen LogP contribution in [0.2, 0.25) is 5.02 Å². The summed E-state index contributed by atoms with van der Waals surface area (Å²) in [6.07, 6.45) is 1.30. The van der Waals surface area contributed by atoms with Crippen LogP contribution in [-0.2, 0) is 14.8 Å². The van der Waals surface area contributed by atoms with Gasteiger partial charge in [0.05, 0.1) is 25.6 Å². The summed E-state index contributed by atoms with van der Waals surface area (Å²) in [5.74, 6) is 0.555. The molecule has 0 spiro atoms. The fourth-order valence-corrected chi connectivity index (χ4v) is 4.96. The van der Waals surface area contributed by atoms with Gasteiger partial charge in [-0.15, -0.1) is 0 Å². The number of fused-ring (bicyclic) bond motifs is 1. The molecule has 3 aromatic rings. The zero-order chi connectivity index (χ0) is 24.0. The smallest absolute Gasteiger partial charge is 0.244 e. The van der Waals surface area contributed by atoms with Crippen molar-refractivity contribution in [2.24, 2.45) is 0 Å². The van der Waals surface area contributed by atoms with E-state index >= 15 is 0 Å². The summed E-state index contributed by atoms with van der Waals surface area (Å²) in [6.45, 7) is 2.19. The Morgan fingerprint density at radius 2 is 1.82 bits per heavy atom. The van der Waals surface area contributed by atoms with Crippen LogP contribution < -0.4 is 19.1 Å². The van der Waals surface area contributed by atoms with Crippen LogP contribution in [-0.4, -0.2) is 46.9 Å². The molecule has 0 radical (unpaired) electrons. The summed E-state index contributed by atoms with van der Waals surface area (Å²) < 4.78 is 37.4. The van der Waals surface area contributed by atoms with Gasteiger partial charge < -0.3 is 14.8 Å². The lowest BCUT2D eigenvalue weighted by Crippen LogP contribution is -2.50. The molecule has 0 bridgehead atoms. The van der Waals surface area contributed by atoms with Crippen molar-refractivity contribution in [2.75, 3.05) is 30.8 Å². The number of carbonyl (C=O) groups excluding carboxylic acids is 1. The van der Waals surface area contributed by atoms with Gasteiger partial charge in [0.2, 0.25) is 15.9 Å². The summed E-state index contributed by atoms with van der Waals surface area (Å²) >= 11 is 6.10. The maximum atomic E-state index is 13.0. The van der Waals surface area contributed by atoms with Crippen LogP contribution in [0.4, 0.5) is 5.69 Å². The van der Waals surface area contributed by atoms with E-state index in [9.17, 15) is 13.2 Å². The number of carbonyl (C=O) groups is 1. The van der Waals surface area contributed by atoms with Gasteiger partial charge in [0.25, 0.3) is 0 Å². The number of amides is 1. The fourth-order valence-electron chi connectivity index (χ4n) is 3.59. The highest BCUT2D eigenvalue weighted by atomic mass is 35.5. The normalized spacial score (nSPS) is 12.2. The molecule has 33 heavy (non-hydrogen) atoms. The van der Waals surface area contributed by atoms with Crippen LogP contribution in [0.5, 0.6) is 11.5 Å². The minimum absolute atomic E-state index is 0.210. The topological polar surface area (TPSA) is 84.9 Å². The Hall–Kier alpha value is -2.97. The summed E-state index contributed by atoms with van der Waals surface area (Å²) in [5, 5.41) is 5.28. The third-order valence-corrected chi connectivity index (χ3v) is 6.50. The molecule has 7 nitrogen and oxygen atoms in total. The lowest BCUT2D eigenvalue weighted by molar-refractivity contribution is -0.122. The van der Waals surface area contributed by atoms with Crippen LogP contribution in [0, 0.1) is 0 Å². The molecule has 0 aliphatic heterocycles. The lowest BCUT2D eigenvalue weighted by Gasteiger charge is -2.31. The average Bonchev–Trinajstić information content (AvgIpc) is 2.79. The van der Waals surface area contributed by atoms with Gasteiger partial charge in [-0.1, -0.05) is 48.9 Å². The van der Waals surface area contributed by atoms with E-state index in [1.807, 2.05) is 42.5 Å². The van der Waals surface area contributed by atoms with Crippen molar-refractivity contribution in [3.63, 3.8) is 0 Å². The summed E-state index contributed by atoms with van der Waals surface area (Å²) in [4.78, 5) is 13.0. The van der Waals surface area contributed by atoms with Gasteiger partial charge in [0.15, 0.2) is 0 Å². The number of nitrogens with zero attached hydrogens (tertiary/aromatic N) is 1. The van der Waals surface area contributed by atoms with E-state index in [4.69, 9.17) is 21.1 Å². The van der Waals surface area contributed by atoms with Gasteiger partial charge in [-0.25, -0.2) is 8.42 Å². The van der Waals surface area contributed by atoms with E-state index in [1.165, 1.54) is 13.2 Å². The molecule has 1 N–H and O–H groups in total. The third kappa shape index (κ3) is 6.09. The standard InChI is InChI=1S/C24H27ClN2O5S/c1-4-21(27(33(3,29)30)22-16-19(25)10-12-23(22)31-2)24(28)26-13-14-32-20-11-9-17-7-5-6-8-18(17)15-20/h5-12,15-16,21H,4,13-14H2,1-3H3,(H,26,28)/t21-/m0/s1. The maximum absolute atomic E-state index is 13.0. The number of benzene rings is 3. The van der Waals surface area contributed by atoms with Gasteiger partial charge in [0.1, 0.15) is 24.1 Å². The largest absolute Gasteiger partial charge is 0.495 e. The molecule has 0 fully saturated rings. The van der Waals surface area contributed by atoms with Crippen LogP contribution in [0.15, 0.2) is 60.7 Å². The van der Waals surface area contributed by atoms with Crippen molar-refractivity contribution in [3.8, 4) is 11.5 Å². The van der Waals surface area contributed by atoms with Crippen LogP contribution in [0.3, 0.4) is 0 Å². The Balaban J connectivity index is 1.70. The Morgan fingerprint density at radius 1 is 1.09 bits per heavy atom. The molecule has 1 atom stereocenters. The molecule has 0 saturated heterocycles. The SMILES string of the molecule is CC[C@@H](C(=O)NCCOc1ccc2ccccc2c1)N(c1cc(Cl)ccc1OC)S(C)(=O)=O. The second kappa shape index (κ2) is 10.8. The molecule has 0 saturated carbocycles. The monoisotopic (exact) mass is 490 g/mol. The molecule has 1 amide bonds. The van der Waals surface area contributed by atoms with Crippen molar-refractivity contribution in [1.82, 2.24) is 5.32 Å². The number of anilines is 1. The van der Waals surface area contributed by atoms with E-state index in [1.54, 1.807) is 19.1 Å². The Kier molecular flexibility index (Phi) is 8.05. The highest BCUT2D eigenvalue weighted by Gasteiger charge is 2.33. The van der Waals surface area contributed by atoms with Crippen molar-refractivity contribution in [1.29, 1.82) is 0 Å². The number of hydrogen-bond donors (Lipinski definition) is 1. The second-order valence-electron chi connectivity index (χ2n) is 7.45. The van der Waals surface area contributed by atoms with Gasteiger partial charge >= 0.3 is 0 Å². The molecule has 0 heterocycles.